The van der Waals surface area contributed by atoms with Crippen LogP contribution in [0.2, 0.25) is 0 Å². The van der Waals surface area contributed by atoms with E-state index in [1.54, 1.807) is 22.8 Å². The maximum Gasteiger partial charge on any atom is 0.292 e. The van der Waals surface area contributed by atoms with Crippen LogP contribution in [0.5, 0.6) is 0 Å². The average Bonchev–Trinajstić information content (AvgIpc) is 3.10. The summed E-state index contributed by atoms with van der Waals surface area (Å²) in [6.45, 7) is 3.10. The largest absolute Gasteiger partial charge is 0.378 e. The third-order valence-electron chi connectivity index (χ3n) is 4.46. The summed E-state index contributed by atoms with van der Waals surface area (Å²) in [4.78, 5) is 22.8. The molecule has 1 amide bonds. The SMILES string of the molecule is Cc1cccc(-c2n[nH]c(=S)n2CCC(=O)NCCNc2ccccc2[N+](=O)[O-])c1. The molecule has 10 heteroatoms. The van der Waals surface area contributed by atoms with Gasteiger partial charge in [-0.3, -0.25) is 24.6 Å². The molecule has 1 heterocycles. The number of anilines is 1. The number of nitrogens with zero attached hydrogens (tertiary/aromatic N) is 3. The van der Waals surface area contributed by atoms with Crippen molar-refractivity contribution in [2.24, 2.45) is 0 Å². The second kappa shape index (κ2) is 9.79. The van der Waals surface area contributed by atoms with Crippen LogP contribution in [-0.2, 0) is 11.3 Å². The molecule has 0 saturated heterocycles. The Hall–Kier alpha value is -3.53. The van der Waals surface area contributed by atoms with Crippen molar-refractivity contribution in [3.63, 3.8) is 0 Å². The summed E-state index contributed by atoms with van der Waals surface area (Å²) in [6.07, 6.45) is 0.234. The van der Waals surface area contributed by atoms with Crippen molar-refractivity contribution in [2.45, 2.75) is 19.9 Å². The average molecular weight is 427 g/mol. The minimum Gasteiger partial charge on any atom is -0.378 e. The first-order valence-corrected chi connectivity index (χ1v) is 9.83. The molecule has 3 rings (SSSR count). The van der Waals surface area contributed by atoms with Crippen LogP contribution >= 0.6 is 12.2 Å². The van der Waals surface area contributed by atoms with Crippen molar-refractivity contribution < 1.29 is 9.72 Å². The van der Waals surface area contributed by atoms with Crippen LogP contribution in [0.15, 0.2) is 48.5 Å². The highest BCUT2D eigenvalue weighted by atomic mass is 32.1. The number of benzene rings is 2. The number of nitro groups is 1. The van der Waals surface area contributed by atoms with Crippen molar-refractivity contribution in [3.8, 4) is 11.4 Å². The number of rotatable bonds is 9. The fraction of sp³-hybridized carbons (Fsp3) is 0.250. The number of carbonyl (C=O) groups is 1. The molecule has 3 N–H and O–H groups in total. The zero-order valence-electron chi connectivity index (χ0n) is 16.4. The number of amides is 1. The van der Waals surface area contributed by atoms with Crippen LogP contribution in [0.25, 0.3) is 11.4 Å². The lowest BCUT2D eigenvalue weighted by Gasteiger charge is -2.10. The van der Waals surface area contributed by atoms with E-state index in [-0.39, 0.29) is 18.0 Å². The number of para-hydroxylation sites is 2. The first-order chi connectivity index (χ1) is 14.5. The Morgan fingerprint density at radius 1 is 1.23 bits per heavy atom. The van der Waals surface area contributed by atoms with Gasteiger partial charge in [0.1, 0.15) is 5.69 Å². The number of aromatic nitrogens is 3. The van der Waals surface area contributed by atoms with Gasteiger partial charge in [-0.05, 0) is 31.3 Å². The lowest BCUT2D eigenvalue weighted by molar-refractivity contribution is -0.384. The Morgan fingerprint density at radius 3 is 2.80 bits per heavy atom. The van der Waals surface area contributed by atoms with Crippen molar-refractivity contribution in [2.75, 3.05) is 18.4 Å². The van der Waals surface area contributed by atoms with Crippen LogP contribution < -0.4 is 10.6 Å². The van der Waals surface area contributed by atoms with E-state index in [1.807, 2.05) is 31.2 Å². The van der Waals surface area contributed by atoms with Crippen LogP contribution in [-0.4, -0.2) is 38.7 Å². The van der Waals surface area contributed by atoms with E-state index in [0.29, 0.717) is 35.9 Å². The summed E-state index contributed by atoms with van der Waals surface area (Å²) >= 11 is 5.30. The van der Waals surface area contributed by atoms with Crippen LogP contribution in [0.1, 0.15) is 12.0 Å². The molecule has 0 saturated carbocycles. The van der Waals surface area contributed by atoms with E-state index in [4.69, 9.17) is 12.2 Å². The Labute approximate surface area is 178 Å². The maximum atomic E-state index is 12.2. The van der Waals surface area contributed by atoms with Gasteiger partial charge in [-0.2, -0.15) is 5.10 Å². The molecule has 1 aromatic heterocycles. The normalized spacial score (nSPS) is 10.6. The monoisotopic (exact) mass is 426 g/mol. The number of hydrogen-bond donors (Lipinski definition) is 3. The van der Waals surface area contributed by atoms with Gasteiger partial charge in [-0.25, -0.2) is 0 Å². The minimum atomic E-state index is -0.443. The van der Waals surface area contributed by atoms with Gasteiger partial charge in [0.05, 0.1) is 4.92 Å². The highest BCUT2D eigenvalue weighted by Crippen LogP contribution is 2.22. The fourth-order valence-corrected chi connectivity index (χ4v) is 3.24. The summed E-state index contributed by atoms with van der Waals surface area (Å²) in [5.41, 5.74) is 2.46. The van der Waals surface area contributed by atoms with E-state index >= 15 is 0 Å². The van der Waals surface area contributed by atoms with Gasteiger partial charge in [0.25, 0.3) is 5.69 Å². The highest BCUT2D eigenvalue weighted by molar-refractivity contribution is 7.71. The second-order valence-corrected chi connectivity index (χ2v) is 7.06. The summed E-state index contributed by atoms with van der Waals surface area (Å²) < 4.78 is 2.26. The number of aromatic amines is 1. The van der Waals surface area contributed by atoms with Gasteiger partial charge in [0.2, 0.25) is 5.91 Å². The molecule has 0 unspecified atom stereocenters. The van der Waals surface area contributed by atoms with Crippen LogP contribution in [0.3, 0.4) is 0 Å². The number of hydrogen-bond acceptors (Lipinski definition) is 6. The van der Waals surface area contributed by atoms with Crippen molar-refractivity contribution in [1.29, 1.82) is 0 Å². The van der Waals surface area contributed by atoms with Gasteiger partial charge in [0.15, 0.2) is 10.6 Å². The molecule has 0 aliphatic heterocycles. The van der Waals surface area contributed by atoms with Crippen molar-refractivity contribution in [1.82, 2.24) is 20.1 Å². The zero-order valence-corrected chi connectivity index (χ0v) is 17.2. The second-order valence-electron chi connectivity index (χ2n) is 6.67. The zero-order chi connectivity index (χ0) is 21.5. The fourth-order valence-electron chi connectivity index (χ4n) is 3.01. The Balaban J connectivity index is 1.51. The molecule has 156 valence electrons. The number of H-pyrrole nitrogens is 1. The lowest BCUT2D eigenvalue weighted by Crippen LogP contribution is -2.29. The molecule has 30 heavy (non-hydrogen) atoms. The molecule has 0 spiro atoms. The predicted octanol–water partition coefficient (Wildman–Crippen LogP) is 3.44. The molecule has 0 aliphatic rings. The topological polar surface area (TPSA) is 118 Å². The molecular weight excluding hydrogens is 404 g/mol. The highest BCUT2D eigenvalue weighted by Gasteiger charge is 2.12. The molecule has 0 atom stereocenters. The molecule has 0 radical (unpaired) electrons. The van der Waals surface area contributed by atoms with E-state index in [1.165, 1.54) is 6.07 Å². The minimum absolute atomic E-state index is 0.00170. The predicted molar refractivity (Wildman–Crippen MR) is 117 cm³/mol. The maximum absolute atomic E-state index is 12.2. The molecular formula is C20H22N6O3S. The van der Waals surface area contributed by atoms with E-state index in [9.17, 15) is 14.9 Å². The van der Waals surface area contributed by atoms with Gasteiger partial charge in [0, 0.05) is 37.7 Å². The smallest absolute Gasteiger partial charge is 0.292 e. The van der Waals surface area contributed by atoms with Crippen molar-refractivity contribution >= 4 is 29.5 Å². The number of nitro benzene ring substituents is 1. The summed E-state index contributed by atoms with van der Waals surface area (Å²) in [7, 11) is 0. The number of carbonyl (C=O) groups excluding carboxylic acids is 1. The molecule has 3 aromatic rings. The molecule has 0 fully saturated rings. The van der Waals surface area contributed by atoms with Gasteiger partial charge in [-0.15, -0.1) is 0 Å². The third kappa shape index (κ3) is 5.29. The van der Waals surface area contributed by atoms with E-state index in [2.05, 4.69) is 20.8 Å². The number of nitrogens with one attached hydrogen (secondary N) is 3. The van der Waals surface area contributed by atoms with Gasteiger partial charge in [-0.1, -0.05) is 35.9 Å². The Bertz CT molecular complexity index is 1110. The van der Waals surface area contributed by atoms with Crippen LogP contribution in [0, 0.1) is 21.8 Å². The molecule has 0 aliphatic carbocycles. The number of aryl methyl sites for hydroxylation is 1. The van der Waals surface area contributed by atoms with Crippen LogP contribution in [0.4, 0.5) is 11.4 Å². The van der Waals surface area contributed by atoms with Crippen molar-refractivity contribution in [3.05, 3.63) is 69.0 Å². The van der Waals surface area contributed by atoms with Gasteiger partial charge >= 0.3 is 0 Å². The standard InChI is InChI=1S/C20H22N6O3S/c1-14-5-4-6-15(13-14)19-23-24-20(30)25(19)12-9-18(27)22-11-10-21-16-7-2-3-8-17(16)26(28)29/h2-8,13,21H,9-12H2,1H3,(H,22,27)(H,24,30). The van der Waals surface area contributed by atoms with Gasteiger partial charge < -0.3 is 10.6 Å². The first kappa shape index (κ1) is 21.2. The summed E-state index contributed by atoms with van der Waals surface area (Å²) in [6, 6.07) is 14.3. The van der Waals surface area contributed by atoms with E-state index in [0.717, 1.165) is 11.1 Å². The lowest BCUT2D eigenvalue weighted by atomic mass is 10.1. The summed E-state index contributed by atoms with van der Waals surface area (Å²) in [5, 5.41) is 23.9. The third-order valence-corrected chi connectivity index (χ3v) is 4.77. The van der Waals surface area contributed by atoms with E-state index < -0.39 is 4.92 Å². The molecule has 9 nitrogen and oxygen atoms in total. The summed E-state index contributed by atoms with van der Waals surface area (Å²) in [5.74, 6) is 0.548. The first-order valence-electron chi connectivity index (χ1n) is 9.42. The molecule has 2 aromatic carbocycles. The molecule has 0 bridgehead atoms. The Morgan fingerprint density at radius 2 is 2.03 bits per heavy atom. The quantitative estimate of drug-likeness (QED) is 0.209. The Kier molecular flexibility index (Phi) is 6.91.